The van der Waals surface area contributed by atoms with E-state index in [9.17, 15) is 8.42 Å². The first-order chi connectivity index (χ1) is 13.9. The lowest BCUT2D eigenvalue weighted by Gasteiger charge is -2.27. The number of hydrogen-bond acceptors (Lipinski definition) is 7. The van der Waals surface area contributed by atoms with E-state index in [1.165, 1.54) is 0 Å². The number of aryl methyl sites for hydroxylation is 1. The van der Waals surface area contributed by atoms with Gasteiger partial charge in [0.15, 0.2) is 11.5 Å². The first-order valence-electron chi connectivity index (χ1n) is 9.22. The summed E-state index contributed by atoms with van der Waals surface area (Å²) >= 11 is 0. The molecule has 1 aliphatic heterocycles. The van der Waals surface area contributed by atoms with Crippen LogP contribution in [0.3, 0.4) is 0 Å². The first kappa shape index (κ1) is 20.9. The van der Waals surface area contributed by atoms with Crippen LogP contribution in [-0.2, 0) is 16.4 Å². The highest BCUT2D eigenvalue weighted by molar-refractivity contribution is 7.90. The monoisotopic (exact) mass is 418 g/mol. The standard InChI is InChI=1S/C20H26N4O4S/c1-15-4-7-17(8-5-15)29(25,26)23-20-21-13-24(14-22-20)11-10-16-6-9-18(27-2)19(12-16)28-3/h4-9,12H,10-11,13-14H2,1-3H3,(H2,21,22,23). The number of sulfonamides is 1. The van der Waals surface area contributed by atoms with Crippen molar-refractivity contribution in [1.82, 2.24) is 14.9 Å². The molecule has 0 amide bonds. The van der Waals surface area contributed by atoms with E-state index in [4.69, 9.17) is 9.47 Å². The second-order valence-electron chi connectivity index (χ2n) is 6.74. The predicted octanol–water partition coefficient (Wildman–Crippen LogP) is 1.71. The fourth-order valence-corrected chi connectivity index (χ4v) is 3.91. The van der Waals surface area contributed by atoms with Crippen molar-refractivity contribution in [3.63, 3.8) is 0 Å². The third kappa shape index (κ3) is 5.39. The third-order valence-electron chi connectivity index (χ3n) is 4.63. The highest BCUT2D eigenvalue weighted by atomic mass is 32.2. The molecule has 3 rings (SSSR count). The maximum Gasteiger partial charge on any atom is 0.264 e. The molecule has 0 radical (unpaired) electrons. The summed E-state index contributed by atoms with van der Waals surface area (Å²) in [5, 5.41) is 3.02. The number of nitrogens with zero attached hydrogens (tertiary/aromatic N) is 2. The van der Waals surface area contributed by atoms with Gasteiger partial charge in [-0.15, -0.1) is 0 Å². The summed E-state index contributed by atoms with van der Waals surface area (Å²) in [6.45, 7) is 3.59. The third-order valence-corrected chi connectivity index (χ3v) is 5.98. The molecule has 0 atom stereocenters. The summed E-state index contributed by atoms with van der Waals surface area (Å²) < 4.78 is 38.0. The van der Waals surface area contributed by atoms with Crippen LogP contribution in [0.1, 0.15) is 11.1 Å². The second-order valence-corrected chi connectivity index (χ2v) is 8.42. The molecule has 0 saturated heterocycles. The van der Waals surface area contributed by atoms with Gasteiger partial charge >= 0.3 is 0 Å². The molecule has 1 aliphatic rings. The van der Waals surface area contributed by atoms with Crippen molar-refractivity contribution in [2.75, 3.05) is 34.1 Å². The Balaban J connectivity index is 1.55. The van der Waals surface area contributed by atoms with E-state index < -0.39 is 10.0 Å². The minimum atomic E-state index is -3.65. The molecule has 1 heterocycles. The summed E-state index contributed by atoms with van der Waals surface area (Å²) in [5.74, 6) is 1.66. The minimum absolute atomic E-state index is 0.212. The zero-order valence-electron chi connectivity index (χ0n) is 16.8. The molecule has 0 unspecified atom stereocenters. The van der Waals surface area contributed by atoms with Gasteiger partial charge in [0, 0.05) is 6.54 Å². The van der Waals surface area contributed by atoms with E-state index in [1.807, 2.05) is 25.1 Å². The van der Waals surface area contributed by atoms with Gasteiger partial charge in [-0.25, -0.2) is 18.1 Å². The summed E-state index contributed by atoms with van der Waals surface area (Å²) in [7, 11) is -0.425. The van der Waals surface area contributed by atoms with Crippen molar-refractivity contribution in [2.24, 2.45) is 4.99 Å². The van der Waals surface area contributed by atoms with Gasteiger partial charge in [-0.05, 0) is 43.2 Å². The molecule has 9 heteroatoms. The zero-order valence-corrected chi connectivity index (χ0v) is 17.6. The molecule has 0 aliphatic carbocycles. The molecule has 0 saturated carbocycles. The van der Waals surface area contributed by atoms with E-state index in [0.29, 0.717) is 24.8 Å². The molecule has 0 bridgehead atoms. The fourth-order valence-electron chi connectivity index (χ4n) is 2.91. The number of ether oxygens (including phenoxy) is 2. The van der Waals surface area contributed by atoms with Gasteiger partial charge in [0.05, 0.1) is 32.5 Å². The van der Waals surface area contributed by atoms with E-state index in [1.54, 1.807) is 38.5 Å². The number of benzene rings is 2. The number of aliphatic imine (C=N–C) groups is 1. The normalized spacial score (nSPS) is 14.7. The van der Waals surface area contributed by atoms with Gasteiger partial charge in [-0.1, -0.05) is 23.8 Å². The smallest absolute Gasteiger partial charge is 0.264 e. The largest absolute Gasteiger partial charge is 0.493 e. The lowest BCUT2D eigenvalue weighted by atomic mass is 10.1. The summed E-state index contributed by atoms with van der Waals surface area (Å²) in [4.78, 5) is 6.60. The quantitative estimate of drug-likeness (QED) is 0.711. The van der Waals surface area contributed by atoms with E-state index in [-0.39, 0.29) is 10.9 Å². The summed E-state index contributed by atoms with van der Waals surface area (Å²) in [5.41, 5.74) is 2.12. The Morgan fingerprint density at radius 2 is 1.83 bits per heavy atom. The average Bonchev–Trinajstić information content (AvgIpc) is 2.73. The Hall–Kier alpha value is -2.78. The van der Waals surface area contributed by atoms with Crippen LogP contribution in [0.5, 0.6) is 11.5 Å². The average molecular weight is 419 g/mol. The molecule has 156 valence electrons. The van der Waals surface area contributed by atoms with E-state index >= 15 is 0 Å². The topological polar surface area (TPSA) is 92.3 Å². The molecular weight excluding hydrogens is 392 g/mol. The number of methoxy groups -OCH3 is 2. The summed E-state index contributed by atoms with van der Waals surface area (Å²) in [6, 6.07) is 12.5. The molecule has 2 aromatic rings. The number of guanidine groups is 1. The minimum Gasteiger partial charge on any atom is -0.493 e. The lowest BCUT2D eigenvalue weighted by molar-refractivity contribution is 0.266. The van der Waals surface area contributed by atoms with E-state index in [2.05, 4.69) is 19.9 Å². The van der Waals surface area contributed by atoms with Crippen molar-refractivity contribution in [1.29, 1.82) is 0 Å². The van der Waals surface area contributed by atoms with Gasteiger partial charge in [0.25, 0.3) is 10.0 Å². The van der Waals surface area contributed by atoms with Gasteiger partial charge in [-0.3, -0.25) is 4.90 Å². The van der Waals surface area contributed by atoms with Crippen LogP contribution in [0, 0.1) is 6.92 Å². The first-order valence-corrected chi connectivity index (χ1v) is 10.7. The number of hydrogen-bond donors (Lipinski definition) is 2. The van der Waals surface area contributed by atoms with Crippen molar-refractivity contribution in [2.45, 2.75) is 18.2 Å². The Labute approximate surface area is 171 Å². The Kier molecular flexibility index (Phi) is 6.60. The second kappa shape index (κ2) is 9.15. The van der Waals surface area contributed by atoms with Crippen molar-refractivity contribution >= 4 is 16.0 Å². The molecule has 0 spiro atoms. The Morgan fingerprint density at radius 1 is 1.10 bits per heavy atom. The number of rotatable bonds is 7. The van der Waals surface area contributed by atoms with Crippen LogP contribution in [0.2, 0.25) is 0 Å². The Morgan fingerprint density at radius 3 is 2.45 bits per heavy atom. The predicted molar refractivity (Wildman–Crippen MR) is 112 cm³/mol. The van der Waals surface area contributed by atoms with Crippen LogP contribution < -0.4 is 19.5 Å². The van der Waals surface area contributed by atoms with Crippen molar-refractivity contribution in [3.05, 3.63) is 53.6 Å². The molecule has 2 N–H and O–H groups in total. The molecule has 0 fully saturated rings. The maximum absolute atomic E-state index is 12.4. The van der Waals surface area contributed by atoms with Crippen LogP contribution >= 0.6 is 0 Å². The SMILES string of the molecule is COc1ccc(CCN2CN=C(NS(=O)(=O)c3ccc(C)cc3)NC2)cc1OC. The van der Waals surface area contributed by atoms with Crippen LogP contribution in [-0.4, -0.2) is 53.4 Å². The van der Waals surface area contributed by atoms with E-state index in [0.717, 1.165) is 24.1 Å². The van der Waals surface area contributed by atoms with Gasteiger partial charge < -0.3 is 14.8 Å². The van der Waals surface area contributed by atoms with Crippen LogP contribution in [0.4, 0.5) is 0 Å². The highest BCUT2D eigenvalue weighted by Crippen LogP contribution is 2.27. The highest BCUT2D eigenvalue weighted by Gasteiger charge is 2.19. The molecule has 2 aromatic carbocycles. The molecule has 8 nitrogen and oxygen atoms in total. The van der Waals surface area contributed by atoms with Crippen LogP contribution in [0.25, 0.3) is 0 Å². The summed E-state index contributed by atoms with van der Waals surface area (Å²) in [6.07, 6.45) is 0.808. The lowest BCUT2D eigenvalue weighted by Crippen LogP contribution is -2.50. The zero-order chi connectivity index (χ0) is 20.9. The molecule has 0 aromatic heterocycles. The van der Waals surface area contributed by atoms with Gasteiger partial charge in [-0.2, -0.15) is 0 Å². The Bertz CT molecular complexity index is 974. The maximum atomic E-state index is 12.4. The fraction of sp³-hybridized carbons (Fsp3) is 0.350. The number of nitrogens with one attached hydrogen (secondary N) is 2. The van der Waals surface area contributed by atoms with Crippen molar-refractivity contribution < 1.29 is 17.9 Å². The van der Waals surface area contributed by atoms with Crippen LogP contribution in [0.15, 0.2) is 52.4 Å². The van der Waals surface area contributed by atoms with Crippen molar-refractivity contribution in [3.8, 4) is 11.5 Å². The van der Waals surface area contributed by atoms with Gasteiger partial charge in [0.2, 0.25) is 5.96 Å². The molecular formula is C20H26N4O4S. The van der Waals surface area contributed by atoms with Gasteiger partial charge in [0.1, 0.15) is 0 Å². The molecule has 29 heavy (non-hydrogen) atoms.